The molecular formula is C13H27N3. The lowest BCUT2D eigenvalue weighted by molar-refractivity contribution is 0.0268. The lowest BCUT2D eigenvalue weighted by Gasteiger charge is -2.41. The molecule has 0 amide bonds. The van der Waals surface area contributed by atoms with E-state index in [1.54, 1.807) is 0 Å². The second kappa shape index (κ2) is 4.27. The van der Waals surface area contributed by atoms with Gasteiger partial charge in [0.25, 0.3) is 0 Å². The van der Waals surface area contributed by atoms with E-state index in [9.17, 15) is 0 Å². The highest BCUT2D eigenvalue weighted by Crippen LogP contribution is 2.31. The third kappa shape index (κ3) is 3.13. The smallest absolute Gasteiger partial charge is 0.124 e. The summed E-state index contributed by atoms with van der Waals surface area (Å²) in [4.78, 5) is 2.38. The van der Waals surface area contributed by atoms with E-state index in [2.05, 4.69) is 63.5 Å². The molecule has 0 aromatic carbocycles. The van der Waals surface area contributed by atoms with Crippen molar-refractivity contribution in [3.05, 3.63) is 0 Å². The number of hydrazone groups is 1. The number of rotatable bonds is 2. The van der Waals surface area contributed by atoms with Gasteiger partial charge < -0.3 is 4.90 Å². The van der Waals surface area contributed by atoms with Crippen LogP contribution in [0, 0.1) is 10.8 Å². The van der Waals surface area contributed by atoms with Crippen LogP contribution in [0.3, 0.4) is 0 Å². The molecule has 1 aliphatic heterocycles. The zero-order valence-electron chi connectivity index (χ0n) is 11.9. The summed E-state index contributed by atoms with van der Waals surface area (Å²) < 4.78 is 0. The molecule has 0 saturated heterocycles. The van der Waals surface area contributed by atoms with E-state index < -0.39 is 0 Å². The second-order valence-corrected chi connectivity index (χ2v) is 6.96. The summed E-state index contributed by atoms with van der Waals surface area (Å²) in [7, 11) is 0. The van der Waals surface area contributed by atoms with E-state index in [1.165, 1.54) is 0 Å². The standard InChI is InChI=1S/C13H27N3/c1-8-16-11(13(5,6)7)15(10-14-16)9-12(2,3)4/h10-11H,8-9H2,1-7H3. The SMILES string of the molecule is CCN1N=CN(CC(C)(C)C)C1C(C)(C)C. The molecule has 1 atom stereocenters. The molecule has 0 radical (unpaired) electrons. The highest BCUT2D eigenvalue weighted by Gasteiger charge is 2.38. The van der Waals surface area contributed by atoms with Gasteiger partial charge in [-0.3, -0.25) is 5.01 Å². The molecule has 0 aromatic rings. The maximum absolute atomic E-state index is 4.50. The monoisotopic (exact) mass is 225 g/mol. The maximum Gasteiger partial charge on any atom is 0.124 e. The van der Waals surface area contributed by atoms with Crippen molar-refractivity contribution in [2.45, 2.75) is 54.6 Å². The molecule has 0 spiro atoms. The maximum atomic E-state index is 4.50. The van der Waals surface area contributed by atoms with E-state index in [0.29, 0.717) is 11.6 Å². The Morgan fingerprint density at radius 1 is 1.12 bits per heavy atom. The fourth-order valence-electron chi connectivity index (χ4n) is 2.30. The van der Waals surface area contributed by atoms with E-state index in [1.807, 2.05) is 6.34 Å². The second-order valence-electron chi connectivity index (χ2n) is 6.96. The summed E-state index contributed by atoms with van der Waals surface area (Å²) in [5.41, 5.74) is 0.525. The summed E-state index contributed by atoms with van der Waals surface area (Å²) in [5.74, 6) is 0. The molecule has 94 valence electrons. The molecule has 0 saturated carbocycles. The minimum Gasteiger partial charge on any atom is -0.338 e. The van der Waals surface area contributed by atoms with Gasteiger partial charge in [0.15, 0.2) is 0 Å². The first kappa shape index (κ1) is 13.3. The van der Waals surface area contributed by atoms with Crippen LogP contribution in [-0.4, -0.2) is 35.5 Å². The van der Waals surface area contributed by atoms with Gasteiger partial charge in [-0.15, -0.1) is 0 Å². The van der Waals surface area contributed by atoms with Gasteiger partial charge in [-0.1, -0.05) is 41.5 Å². The van der Waals surface area contributed by atoms with E-state index in [4.69, 9.17) is 0 Å². The van der Waals surface area contributed by atoms with Crippen molar-refractivity contribution in [1.29, 1.82) is 0 Å². The van der Waals surface area contributed by atoms with E-state index in [0.717, 1.165) is 13.1 Å². The highest BCUT2D eigenvalue weighted by molar-refractivity contribution is 5.57. The number of hydrogen-bond acceptors (Lipinski definition) is 3. The molecule has 3 heteroatoms. The first-order valence-corrected chi connectivity index (χ1v) is 6.21. The lowest BCUT2D eigenvalue weighted by Crippen LogP contribution is -2.50. The minimum absolute atomic E-state index is 0.220. The first-order chi connectivity index (χ1) is 7.15. The highest BCUT2D eigenvalue weighted by atomic mass is 15.6. The van der Waals surface area contributed by atoms with Gasteiger partial charge in [-0.2, -0.15) is 5.10 Å². The average molecular weight is 225 g/mol. The summed E-state index contributed by atoms with van der Waals surface area (Å²) in [6.45, 7) is 17.9. The Labute approximate surface area is 100 Å². The Bertz CT molecular complexity index is 257. The van der Waals surface area contributed by atoms with Gasteiger partial charge in [0.2, 0.25) is 0 Å². The van der Waals surface area contributed by atoms with Gasteiger partial charge in [-0.25, -0.2) is 0 Å². The largest absolute Gasteiger partial charge is 0.338 e. The van der Waals surface area contributed by atoms with Crippen molar-refractivity contribution in [1.82, 2.24) is 9.91 Å². The molecular weight excluding hydrogens is 198 g/mol. The van der Waals surface area contributed by atoms with Crippen molar-refractivity contribution < 1.29 is 0 Å². The van der Waals surface area contributed by atoms with Crippen LogP contribution in [0.5, 0.6) is 0 Å². The molecule has 0 N–H and O–H groups in total. The summed E-state index contributed by atoms with van der Waals surface area (Å²) in [6, 6.07) is 0. The predicted octanol–water partition coefficient (Wildman–Crippen LogP) is 2.99. The summed E-state index contributed by atoms with van der Waals surface area (Å²) >= 11 is 0. The molecule has 1 rings (SSSR count). The zero-order valence-corrected chi connectivity index (χ0v) is 11.9. The van der Waals surface area contributed by atoms with Crippen LogP contribution in [0.15, 0.2) is 5.10 Å². The molecule has 1 heterocycles. The van der Waals surface area contributed by atoms with Crippen LogP contribution in [0.1, 0.15) is 48.5 Å². The van der Waals surface area contributed by atoms with E-state index in [-0.39, 0.29) is 5.41 Å². The molecule has 0 aromatic heterocycles. The molecule has 0 aliphatic carbocycles. The van der Waals surface area contributed by atoms with E-state index >= 15 is 0 Å². The summed E-state index contributed by atoms with van der Waals surface area (Å²) in [5, 5.41) is 6.69. The van der Waals surface area contributed by atoms with Gasteiger partial charge in [0, 0.05) is 18.5 Å². The molecule has 1 aliphatic rings. The first-order valence-electron chi connectivity index (χ1n) is 6.21. The molecule has 16 heavy (non-hydrogen) atoms. The lowest BCUT2D eigenvalue weighted by atomic mass is 9.89. The topological polar surface area (TPSA) is 18.8 Å². The van der Waals surface area contributed by atoms with Crippen LogP contribution >= 0.6 is 0 Å². The third-order valence-corrected chi connectivity index (χ3v) is 2.70. The Morgan fingerprint density at radius 2 is 1.69 bits per heavy atom. The Morgan fingerprint density at radius 3 is 2.06 bits per heavy atom. The molecule has 3 nitrogen and oxygen atoms in total. The van der Waals surface area contributed by atoms with Crippen LogP contribution in [0.25, 0.3) is 0 Å². The number of nitrogens with zero attached hydrogens (tertiary/aromatic N) is 3. The van der Waals surface area contributed by atoms with Gasteiger partial charge in [0.1, 0.15) is 12.5 Å². The van der Waals surface area contributed by atoms with Crippen molar-refractivity contribution in [3.63, 3.8) is 0 Å². The normalized spacial score (nSPS) is 22.1. The fraction of sp³-hybridized carbons (Fsp3) is 0.923. The van der Waals surface area contributed by atoms with Crippen LogP contribution in [0.2, 0.25) is 0 Å². The minimum atomic E-state index is 0.220. The van der Waals surface area contributed by atoms with Crippen LogP contribution < -0.4 is 0 Å². The van der Waals surface area contributed by atoms with Crippen LogP contribution in [-0.2, 0) is 0 Å². The quantitative estimate of drug-likeness (QED) is 0.719. The third-order valence-electron chi connectivity index (χ3n) is 2.70. The van der Waals surface area contributed by atoms with Crippen molar-refractivity contribution in [3.8, 4) is 0 Å². The van der Waals surface area contributed by atoms with Crippen molar-refractivity contribution in [2.75, 3.05) is 13.1 Å². The Kier molecular flexibility index (Phi) is 3.56. The van der Waals surface area contributed by atoms with Crippen molar-refractivity contribution >= 4 is 6.34 Å². The van der Waals surface area contributed by atoms with Crippen LogP contribution in [0.4, 0.5) is 0 Å². The van der Waals surface area contributed by atoms with Gasteiger partial charge in [-0.05, 0) is 12.3 Å². The Hall–Kier alpha value is -0.730. The zero-order chi connectivity index (χ0) is 12.6. The molecule has 0 fully saturated rings. The fourth-order valence-corrected chi connectivity index (χ4v) is 2.30. The predicted molar refractivity (Wildman–Crippen MR) is 70.3 cm³/mol. The van der Waals surface area contributed by atoms with Gasteiger partial charge >= 0.3 is 0 Å². The molecule has 1 unspecified atom stereocenters. The Balaban J connectivity index is 2.82. The number of hydrogen-bond donors (Lipinski definition) is 0. The van der Waals surface area contributed by atoms with Crippen molar-refractivity contribution in [2.24, 2.45) is 15.9 Å². The average Bonchev–Trinajstić information content (AvgIpc) is 2.43. The van der Waals surface area contributed by atoms with Gasteiger partial charge in [0.05, 0.1) is 0 Å². The summed E-state index contributed by atoms with van der Waals surface area (Å²) in [6.07, 6.45) is 2.39. The molecule has 0 bridgehead atoms.